The van der Waals surface area contributed by atoms with E-state index in [9.17, 15) is 14.9 Å². The molecule has 38 heavy (non-hydrogen) atoms. The lowest BCUT2D eigenvalue weighted by atomic mass is 9.93. The van der Waals surface area contributed by atoms with E-state index in [0.717, 1.165) is 56.5 Å². The first kappa shape index (κ1) is 26.6. The van der Waals surface area contributed by atoms with Crippen LogP contribution in [0.1, 0.15) is 57.6 Å². The number of likely N-dealkylation sites (tertiary alicyclic amines) is 1. The summed E-state index contributed by atoms with van der Waals surface area (Å²) in [7, 11) is 0. The SMILES string of the molecule is CC(C)(C)OC(=O)N1C2CCC(C2)C1C(=O)NC(C#N)Cc1ccc(C2=CC3COCCN3CC2)cc1F. The molecule has 4 aliphatic rings. The number of halogens is 1. The summed E-state index contributed by atoms with van der Waals surface area (Å²) in [6, 6.07) is 5.83. The maximum atomic E-state index is 15.2. The number of ether oxygens (including phenoxy) is 2. The van der Waals surface area contributed by atoms with Crippen molar-refractivity contribution in [3.63, 3.8) is 0 Å². The molecule has 3 aliphatic heterocycles. The van der Waals surface area contributed by atoms with Crippen molar-refractivity contribution < 1.29 is 23.5 Å². The maximum absolute atomic E-state index is 15.2. The fraction of sp³-hybridized carbons (Fsp3) is 0.621. The topological polar surface area (TPSA) is 94.9 Å². The summed E-state index contributed by atoms with van der Waals surface area (Å²) in [5.41, 5.74) is 1.64. The predicted octanol–water partition coefficient (Wildman–Crippen LogP) is 3.65. The molecular weight excluding hydrogens is 487 g/mol. The third-order valence-corrected chi connectivity index (χ3v) is 8.12. The fourth-order valence-corrected chi connectivity index (χ4v) is 6.33. The molecule has 1 aromatic carbocycles. The zero-order valence-electron chi connectivity index (χ0n) is 22.4. The van der Waals surface area contributed by atoms with Gasteiger partial charge in [0.25, 0.3) is 0 Å². The minimum atomic E-state index is -0.913. The van der Waals surface area contributed by atoms with Crippen molar-refractivity contribution in [3.05, 3.63) is 41.2 Å². The van der Waals surface area contributed by atoms with Crippen LogP contribution in [0.5, 0.6) is 0 Å². The van der Waals surface area contributed by atoms with Gasteiger partial charge in [0.15, 0.2) is 0 Å². The number of carbonyl (C=O) groups is 2. The minimum Gasteiger partial charge on any atom is -0.444 e. The highest BCUT2D eigenvalue weighted by atomic mass is 19.1. The maximum Gasteiger partial charge on any atom is 0.411 e. The van der Waals surface area contributed by atoms with E-state index in [1.807, 2.05) is 6.07 Å². The highest BCUT2D eigenvalue weighted by Crippen LogP contribution is 2.43. The van der Waals surface area contributed by atoms with Crippen LogP contribution in [0.25, 0.3) is 5.57 Å². The second-order valence-electron chi connectivity index (χ2n) is 11.9. The molecule has 5 rings (SSSR count). The van der Waals surface area contributed by atoms with Gasteiger partial charge < -0.3 is 14.8 Å². The van der Waals surface area contributed by atoms with Gasteiger partial charge in [0.05, 0.1) is 25.3 Å². The number of carbonyl (C=O) groups excluding carboxylic acids is 2. The van der Waals surface area contributed by atoms with Crippen LogP contribution in [-0.4, -0.2) is 77.9 Å². The monoisotopic (exact) mass is 524 g/mol. The van der Waals surface area contributed by atoms with E-state index in [1.165, 1.54) is 6.07 Å². The number of rotatable bonds is 5. The Kier molecular flexibility index (Phi) is 7.47. The van der Waals surface area contributed by atoms with Gasteiger partial charge in [0, 0.05) is 25.6 Å². The second-order valence-corrected chi connectivity index (χ2v) is 11.9. The van der Waals surface area contributed by atoms with Crippen molar-refractivity contribution >= 4 is 17.6 Å². The third-order valence-electron chi connectivity index (χ3n) is 8.12. The van der Waals surface area contributed by atoms with Crippen LogP contribution >= 0.6 is 0 Å². The number of hydrogen-bond donors (Lipinski definition) is 1. The molecule has 1 saturated carbocycles. The predicted molar refractivity (Wildman–Crippen MR) is 139 cm³/mol. The highest BCUT2D eigenvalue weighted by molar-refractivity contribution is 5.87. The van der Waals surface area contributed by atoms with Crippen molar-refractivity contribution in [1.82, 2.24) is 15.1 Å². The molecule has 1 N–H and O–H groups in total. The molecule has 3 heterocycles. The van der Waals surface area contributed by atoms with Crippen LogP contribution < -0.4 is 5.32 Å². The van der Waals surface area contributed by atoms with Gasteiger partial charge in [-0.25, -0.2) is 9.18 Å². The number of hydrogen-bond acceptors (Lipinski definition) is 6. The number of morpholine rings is 1. The van der Waals surface area contributed by atoms with Gasteiger partial charge in [-0.2, -0.15) is 5.26 Å². The van der Waals surface area contributed by atoms with E-state index < -0.39 is 29.6 Å². The molecule has 1 aliphatic carbocycles. The van der Waals surface area contributed by atoms with E-state index in [-0.39, 0.29) is 30.3 Å². The molecule has 2 bridgehead atoms. The first-order valence-electron chi connectivity index (χ1n) is 13.7. The number of nitrogens with one attached hydrogen (secondary N) is 1. The Balaban J connectivity index is 1.25. The Morgan fingerprint density at radius 2 is 2.11 bits per heavy atom. The summed E-state index contributed by atoms with van der Waals surface area (Å²) >= 11 is 0. The number of nitriles is 1. The zero-order valence-corrected chi connectivity index (χ0v) is 22.4. The Morgan fingerprint density at radius 3 is 2.84 bits per heavy atom. The number of piperidine rings is 1. The van der Waals surface area contributed by atoms with Crippen molar-refractivity contribution in [2.24, 2.45) is 5.92 Å². The third kappa shape index (κ3) is 5.57. The molecular formula is C29H37FN4O4. The Hall–Kier alpha value is -2.96. The summed E-state index contributed by atoms with van der Waals surface area (Å²) in [4.78, 5) is 30.1. The van der Waals surface area contributed by atoms with Gasteiger partial charge in [-0.3, -0.25) is 14.6 Å². The largest absolute Gasteiger partial charge is 0.444 e. The van der Waals surface area contributed by atoms with Gasteiger partial charge in [-0.05, 0) is 75.1 Å². The Morgan fingerprint density at radius 1 is 1.29 bits per heavy atom. The van der Waals surface area contributed by atoms with Crippen LogP contribution in [0.15, 0.2) is 24.3 Å². The number of fused-ring (bicyclic) bond motifs is 3. The lowest BCUT2D eigenvalue weighted by molar-refractivity contribution is -0.128. The molecule has 0 spiro atoms. The van der Waals surface area contributed by atoms with Gasteiger partial charge in [0.1, 0.15) is 23.5 Å². The average molecular weight is 525 g/mol. The van der Waals surface area contributed by atoms with E-state index in [4.69, 9.17) is 9.47 Å². The lowest BCUT2D eigenvalue weighted by Crippen LogP contribution is -2.55. The normalized spacial score (nSPS) is 27.8. The Bertz CT molecular complexity index is 1160. The molecule has 5 unspecified atom stereocenters. The smallest absolute Gasteiger partial charge is 0.411 e. The molecule has 9 heteroatoms. The van der Waals surface area contributed by atoms with Gasteiger partial charge in [-0.1, -0.05) is 18.2 Å². The Labute approximate surface area is 223 Å². The van der Waals surface area contributed by atoms with E-state index in [1.54, 1.807) is 31.7 Å². The van der Waals surface area contributed by atoms with Crippen LogP contribution in [0.3, 0.4) is 0 Å². The van der Waals surface area contributed by atoms with E-state index >= 15 is 4.39 Å². The molecule has 2 saturated heterocycles. The van der Waals surface area contributed by atoms with Crippen LogP contribution in [0.4, 0.5) is 9.18 Å². The van der Waals surface area contributed by atoms with Gasteiger partial charge in [-0.15, -0.1) is 0 Å². The number of amides is 2. The summed E-state index contributed by atoms with van der Waals surface area (Å²) in [5.74, 6) is -0.731. The fourth-order valence-electron chi connectivity index (χ4n) is 6.33. The van der Waals surface area contributed by atoms with Crippen LogP contribution in [-0.2, 0) is 20.7 Å². The molecule has 0 radical (unpaired) electrons. The summed E-state index contributed by atoms with van der Waals surface area (Å²) in [6.45, 7) is 8.63. The lowest BCUT2D eigenvalue weighted by Gasteiger charge is -2.37. The summed E-state index contributed by atoms with van der Waals surface area (Å²) < 4.78 is 26.3. The van der Waals surface area contributed by atoms with Crippen LogP contribution in [0, 0.1) is 23.1 Å². The quantitative estimate of drug-likeness (QED) is 0.632. The summed E-state index contributed by atoms with van der Waals surface area (Å²) in [5, 5.41) is 12.6. The first-order valence-corrected chi connectivity index (χ1v) is 13.7. The summed E-state index contributed by atoms with van der Waals surface area (Å²) in [6.07, 6.45) is 5.02. The van der Waals surface area contributed by atoms with Crippen molar-refractivity contribution in [3.8, 4) is 6.07 Å². The first-order chi connectivity index (χ1) is 18.1. The van der Waals surface area contributed by atoms with E-state index in [2.05, 4.69) is 22.4 Å². The molecule has 5 atom stereocenters. The molecule has 2 amide bonds. The number of nitrogens with zero attached hydrogens (tertiary/aromatic N) is 3. The van der Waals surface area contributed by atoms with Crippen molar-refractivity contribution in [2.45, 2.75) is 82.6 Å². The molecule has 0 aromatic heterocycles. The van der Waals surface area contributed by atoms with Crippen molar-refractivity contribution in [1.29, 1.82) is 5.26 Å². The average Bonchev–Trinajstić information content (AvgIpc) is 3.50. The highest BCUT2D eigenvalue weighted by Gasteiger charge is 2.52. The van der Waals surface area contributed by atoms with Crippen LogP contribution in [0.2, 0.25) is 0 Å². The molecule has 3 fully saturated rings. The van der Waals surface area contributed by atoms with Gasteiger partial charge in [0.2, 0.25) is 5.91 Å². The van der Waals surface area contributed by atoms with E-state index in [0.29, 0.717) is 12.2 Å². The standard InChI is InChI=1S/C29H37FN4O4/c1-29(2,3)38-28(36)34-23-7-6-21(14-23)26(34)27(35)32-22(16-31)12-20-5-4-18(15-25(20)30)19-8-9-33-10-11-37-17-24(33)13-19/h4-5,13,15,21-24,26H,6-12,14,17H2,1-3H3,(H,32,35). The number of benzene rings is 1. The molecule has 8 nitrogen and oxygen atoms in total. The minimum absolute atomic E-state index is 0.0301. The molecule has 1 aromatic rings. The van der Waals surface area contributed by atoms with Crippen molar-refractivity contribution in [2.75, 3.05) is 26.3 Å². The van der Waals surface area contributed by atoms with Gasteiger partial charge >= 0.3 is 6.09 Å². The second kappa shape index (κ2) is 10.7. The molecule has 204 valence electrons. The zero-order chi connectivity index (χ0) is 27.0.